The van der Waals surface area contributed by atoms with Crippen molar-refractivity contribution in [3.8, 4) is 11.4 Å². The molecule has 8 nitrogen and oxygen atoms in total. The topological polar surface area (TPSA) is 94.7 Å². The molecule has 172 valence electrons. The van der Waals surface area contributed by atoms with Crippen LogP contribution in [0.25, 0.3) is 5.69 Å². The maximum atomic E-state index is 13.7. The number of ether oxygens (including phenoxy) is 1. The van der Waals surface area contributed by atoms with Crippen molar-refractivity contribution >= 4 is 17.4 Å². The number of nitrogens with one attached hydrogen (secondary N) is 1. The van der Waals surface area contributed by atoms with Gasteiger partial charge in [-0.1, -0.05) is 0 Å². The number of amidine groups is 1. The lowest BCUT2D eigenvalue weighted by Crippen LogP contribution is -2.39. The molecule has 2 heterocycles. The molecule has 0 saturated carbocycles. The van der Waals surface area contributed by atoms with E-state index in [2.05, 4.69) is 5.10 Å². The van der Waals surface area contributed by atoms with Gasteiger partial charge < -0.3 is 9.64 Å². The van der Waals surface area contributed by atoms with E-state index >= 15 is 0 Å². The average Bonchev–Trinajstić information content (AvgIpc) is 3.20. The Bertz CT molecular complexity index is 1200. The first-order chi connectivity index (χ1) is 15.6. The van der Waals surface area contributed by atoms with Gasteiger partial charge in [0.1, 0.15) is 11.4 Å². The van der Waals surface area contributed by atoms with E-state index in [1.165, 1.54) is 31.2 Å². The van der Waals surface area contributed by atoms with Gasteiger partial charge in [0.25, 0.3) is 5.91 Å². The van der Waals surface area contributed by atoms with Crippen LogP contribution in [0.5, 0.6) is 5.75 Å². The van der Waals surface area contributed by atoms with Crippen LogP contribution in [0.4, 0.5) is 18.9 Å². The van der Waals surface area contributed by atoms with Gasteiger partial charge in [-0.3, -0.25) is 15.4 Å². The number of nitrogens with zero attached hydrogens (tertiary/aromatic N) is 4. The van der Waals surface area contributed by atoms with Gasteiger partial charge in [-0.25, -0.2) is 9.75 Å². The highest BCUT2D eigenvalue weighted by Crippen LogP contribution is 2.37. The molecule has 0 fully saturated rings. The number of methoxy groups -OCH3 is 1. The van der Waals surface area contributed by atoms with Crippen molar-refractivity contribution in [1.82, 2.24) is 14.8 Å². The summed E-state index contributed by atoms with van der Waals surface area (Å²) in [6, 6.07) is 12.5. The summed E-state index contributed by atoms with van der Waals surface area (Å²) >= 11 is 0. The number of aromatic nitrogens is 2. The lowest BCUT2D eigenvalue weighted by atomic mass is 10.0. The Morgan fingerprint density at radius 1 is 1.12 bits per heavy atom. The molecule has 2 N–H and O–H groups in total. The van der Waals surface area contributed by atoms with Crippen LogP contribution in [-0.2, 0) is 12.6 Å². The average molecular weight is 459 g/mol. The van der Waals surface area contributed by atoms with Crippen LogP contribution in [0, 0.1) is 5.41 Å². The summed E-state index contributed by atoms with van der Waals surface area (Å²) in [4.78, 5) is 14.8. The van der Waals surface area contributed by atoms with Gasteiger partial charge in [0.05, 0.1) is 12.8 Å². The Labute approximate surface area is 186 Å². The highest BCUT2D eigenvalue weighted by Gasteiger charge is 2.43. The minimum absolute atomic E-state index is 0.0248. The predicted molar refractivity (Wildman–Crippen MR) is 113 cm³/mol. The third-order valence-corrected chi connectivity index (χ3v) is 5.38. The summed E-state index contributed by atoms with van der Waals surface area (Å²) in [6.07, 6.45) is -4.73. The summed E-state index contributed by atoms with van der Waals surface area (Å²) in [5.74, 6) is -0.235. The molecule has 11 heteroatoms. The largest absolute Gasteiger partial charge is 0.497 e. The Morgan fingerprint density at radius 3 is 2.27 bits per heavy atom. The molecule has 0 saturated heterocycles. The van der Waals surface area contributed by atoms with Crippen molar-refractivity contribution in [3.63, 3.8) is 0 Å². The zero-order chi connectivity index (χ0) is 23.9. The fourth-order valence-corrected chi connectivity index (χ4v) is 3.73. The van der Waals surface area contributed by atoms with Gasteiger partial charge in [0, 0.05) is 30.4 Å². The zero-order valence-corrected chi connectivity index (χ0v) is 17.7. The van der Waals surface area contributed by atoms with E-state index in [4.69, 9.17) is 10.1 Å². The van der Waals surface area contributed by atoms with Crippen LogP contribution in [0.2, 0.25) is 0 Å². The van der Waals surface area contributed by atoms with Gasteiger partial charge in [0.15, 0.2) is 11.5 Å². The molecule has 0 radical (unpaired) electrons. The van der Waals surface area contributed by atoms with Crippen molar-refractivity contribution in [1.29, 1.82) is 5.41 Å². The summed E-state index contributed by atoms with van der Waals surface area (Å²) in [5.41, 5.74) is -0.190. The van der Waals surface area contributed by atoms with Crippen LogP contribution in [0.1, 0.15) is 27.3 Å². The first kappa shape index (κ1) is 22.3. The van der Waals surface area contributed by atoms with Gasteiger partial charge in [-0.2, -0.15) is 18.3 Å². The summed E-state index contributed by atoms with van der Waals surface area (Å²) in [5, 5.41) is 21.7. The van der Waals surface area contributed by atoms with E-state index in [0.29, 0.717) is 27.8 Å². The monoisotopic (exact) mass is 459 g/mol. The number of fused-ring (bicyclic) bond motifs is 1. The standard InChI is InChI=1S/C22H20F3N5O3/c1-28(32)20(26)13-3-5-14(6-4-13)29-12-11-17-18(21(29)31)30(27-19(17)22(23,24)25)15-7-9-16(33-2)10-8-15/h3-10,26,32H,11-12H2,1-2H3. The lowest BCUT2D eigenvalue weighted by Gasteiger charge is -2.28. The number of amides is 1. The maximum Gasteiger partial charge on any atom is 0.435 e. The number of hydrogen-bond acceptors (Lipinski definition) is 5. The van der Waals surface area contributed by atoms with Crippen molar-refractivity contribution in [2.75, 3.05) is 25.6 Å². The van der Waals surface area contributed by atoms with Crippen molar-refractivity contribution in [3.05, 3.63) is 71.0 Å². The molecule has 0 atom stereocenters. The molecule has 4 rings (SSSR count). The number of carbonyl (C=O) groups excluding carboxylic acids is 1. The molecule has 0 spiro atoms. The minimum atomic E-state index is -4.71. The summed E-state index contributed by atoms with van der Waals surface area (Å²) in [7, 11) is 2.78. The predicted octanol–water partition coefficient (Wildman–Crippen LogP) is 3.75. The van der Waals surface area contributed by atoms with Gasteiger partial charge in [-0.05, 0) is 55.0 Å². The molecule has 1 aromatic heterocycles. The minimum Gasteiger partial charge on any atom is -0.497 e. The van der Waals surface area contributed by atoms with Crippen LogP contribution in [0.15, 0.2) is 48.5 Å². The lowest BCUT2D eigenvalue weighted by molar-refractivity contribution is -0.141. The molecular weight excluding hydrogens is 439 g/mol. The third-order valence-electron chi connectivity index (χ3n) is 5.38. The molecule has 33 heavy (non-hydrogen) atoms. The Hall–Kier alpha value is -3.86. The Kier molecular flexibility index (Phi) is 5.58. The molecule has 0 aliphatic carbocycles. The zero-order valence-electron chi connectivity index (χ0n) is 17.7. The van der Waals surface area contributed by atoms with Crippen LogP contribution >= 0.6 is 0 Å². The Morgan fingerprint density at radius 2 is 1.73 bits per heavy atom. The summed E-state index contributed by atoms with van der Waals surface area (Å²) in [6.45, 7) is 0.0416. The second-order valence-electron chi connectivity index (χ2n) is 7.41. The molecule has 0 bridgehead atoms. The molecule has 2 aromatic carbocycles. The van der Waals surface area contributed by atoms with Crippen molar-refractivity contribution in [2.24, 2.45) is 0 Å². The van der Waals surface area contributed by atoms with E-state index < -0.39 is 17.8 Å². The Balaban J connectivity index is 1.76. The van der Waals surface area contributed by atoms with E-state index in [9.17, 15) is 23.2 Å². The quantitative estimate of drug-likeness (QED) is 0.352. The number of hydrogen-bond donors (Lipinski definition) is 2. The number of anilines is 1. The first-order valence-electron chi connectivity index (χ1n) is 9.88. The number of alkyl halides is 3. The van der Waals surface area contributed by atoms with Gasteiger partial charge >= 0.3 is 6.18 Å². The van der Waals surface area contributed by atoms with Gasteiger partial charge in [0.2, 0.25) is 0 Å². The molecule has 1 aliphatic rings. The van der Waals surface area contributed by atoms with Crippen LogP contribution < -0.4 is 9.64 Å². The fraction of sp³-hybridized carbons (Fsp3) is 0.227. The van der Waals surface area contributed by atoms with E-state index in [-0.39, 0.29) is 30.1 Å². The number of halogens is 3. The summed E-state index contributed by atoms with van der Waals surface area (Å²) < 4.78 is 47.2. The second kappa shape index (κ2) is 8.24. The number of carbonyl (C=O) groups is 1. The maximum absolute atomic E-state index is 13.7. The SMILES string of the molecule is COc1ccc(-n2nc(C(F)(F)F)c3c2C(=O)N(c2ccc(C(=N)N(C)O)cc2)CC3)cc1. The molecule has 3 aromatic rings. The van der Waals surface area contributed by atoms with E-state index in [1.54, 1.807) is 36.4 Å². The smallest absolute Gasteiger partial charge is 0.435 e. The molecular formula is C22H20F3N5O3. The molecule has 1 aliphatic heterocycles. The fourth-order valence-electron chi connectivity index (χ4n) is 3.73. The van der Waals surface area contributed by atoms with Gasteiger partial charge in [-0.15, -0.1) is 0 Å². The number of rotatable bonds is 4. The normalized spacial score (nSPS) is 13.6. The highest BCUT2D eigenvalue weighted by molar-refractivity contribution is 6.08. The number of benzene rings is 2. The number of hydroxylamine groups is 2. The molecule has 1 amide bonds. The third kappa shape index (κ3) is 4.02. The van der Waals surface area contributed by atoms with Crippen LogP contribution in [0.3, 0.4) is 0 Å². The van der Waals surface area contributed by atoms with Crippen LogP contribution in [-0.4, -0.2) is 52.5 Å². The second-order valence-corrected chi connectivity index (χ2v) is 7.41. The highest BCUT2D eigenvalue weighted by atomic mass is 19.4. The van der Waals surface area contributed by atoms with Crippen molar-refractivity contribution in [2.45, 2.75) is 12.6 Å². The first-order valence-corrected chi connectivity index (χ1v) is 9.88. The molecule has 0 unspecified atom stereocenters. The van der Waals surface area contributed by atoms with E-state index in [1.807, 2.05) is 0 Å². The van der Waals surface area contributed by atoms with E-state index in [0.717, 1.165) is 4.68 Å². The van der Waals surface area contributed by atoms with Crippen molar-refractivity contribution < 1.29 is 27.9 Å².